The smallest absolute Gasteiger partial charge is 0.408 e. The molecule has 0 aliphatic rings. The zero-order valence-corrected chi connectivity index (χ0v) is 13.7. The van der Waals surface area contributed by atoms with Gasteiger partial charge in [-0.3, -0.25) is 13.8 Å². The molecule has 2 atom stereocenters. The van der Waals surface area contributed by atoms with Crippen molar-refractivity contribution in [2.24, 2.45) is 0 Å². The summed E-state index contributed by atoms with van der Waals surface area (Å²) in [5.74, 6) is -0.778. The van der Waals surface area contributed by atoms with Crippen LogP contribution >= 0.6 is 0 Å². The summed E-state index contributed by atoms with van der Waals surface area (Å²) in [5.41, 5.74) is 1.23. The minimum absolute atomic E-state index is 0.771. The average Bonchev–Trinajstić information content (AvgIpc) is 2.20. The van der Waals surface area contributed by atoms with Crippen molar-refractivity contribution in [3.8, 4) is 0 Å². The first-order valence-electron chi connectivity index (χ1n) is 6.06. The zero-order valence-electron chi connectivity index (χ0n) is 12.9. The van der Waals surface area contributed by atoms with Gasteiger partial charge in [0, 0.05) is 0 Å². The summed E-state index contributed by atoms with van der Waals surface area (Å²) in [5, 5.41) is 2.24. The van der Waals surface area contributed by atoms with E-state index in [1.807, 2.05) is 5.48 Å². The molecule has 0 saturated carbocycles. The normalized spacial score (nSPS) is 15.0. The Bertz CT molecular complexity index is 469. The van der Waals surface area contributed by atoms with Gasteiger partial charge in [0.05, 0.1) is 13.4 Å². The van der Waals surface area contributed by atoms with Crippen molar-refractivity contribution in [3.63, 3.8) is 0 Å². The maximum absolute atomic E-state index is 11.8. The Morgan fingerprint density at radius 3 is 2.10 bits per heavy atom. The third kappa shape index (κ3) is 9.21. The van der Waals surface area contributed by atoms with Crippen molar-refractivity contribution in [1.82, 2.24) is 10.8 Å². The van der Waals surface area contributed by atoms with E-state index >= 15 is 0 Å². The van der Waals surface area contributed by atoms with E-state index in [1.165, 1.54) is 14.0 Å². The molecule has 9 nitrogen and oxygen atoms in total. The number of hydrogen-bond acceptors (Lipinski definition) is 7. The molecular weight excluding hydrogens is 304 g/mol. The van der Waals surface area contributed by atoms with Crippen LogP contribution in [0.2, 0.25) is 0 Å². The van der Waals surface area contributed by atoms with Crippen LogP contribution in [0.1, 0.15) is 27.7 Å². The fourth-order valence-corrected chi connectivity index (χ4v) is 1.99. The van der Waals surface area contributed by atoms with Gasteiger partial charge in [0.2, 0.25) is 0 Å². The minimum Gasteiger partial charge on any atom is -0.444 e. The number of hydroxylamine groups is 1. The van der Waals surface area contributed by atoms with Crippen molar-refractivity contribution in [2.45, 2.75) is 45.4 Å². The molecule has 0 aromatic carbocycles. The second kappa shape index (κ2) is 7.57. The molecule has 0 aliphatic heterocycles. The van der Waals surface area contributed by atoms with Gasteiger partial charge >= 0.3 is 6.09 Å². The molecule has 124 valence electrons. The lowest BCUT2D eigenvalue weighted by Crippen LogP contribution is -2.54. The van der Waals surface area contributed by atoms with E-state index in [1.54, 1.807) is 20.8 Å². The van der Waals surface area contributed by atoms with Crippen LogP contribution in [-0.2, 0) is 28.7 Å². The second-order valence-electron chi connectivity index (χ2n) is 5.30. The van der Waals surface area contributed by atoms with Crippen molar-refractivity contribution in [3.05, 3.63) is 0 Å². The van der Waals surface area contributed by atoms with Gasteiger partial charge in [-0.2, -0.15) is 8.42 Å². The predicted molar refractivity (Wildman–Crippen MR) is 73.7 cm³/mol. The lowest BCUT2D eigenvalue weighted by atomic mass is 10.2. The molecule has 0 rings (SSSR count). The summed E-state index contributed by atoms with van der Waals surface area (Å²) >= 11 is 0. The molecule has 0 unspecified atom stereocenters. The first-order valence-corrected chi connectivity index (χ1v) is 7.88. The Labute approximate surface area is 124 Å². The third-order valence-electron chi connectivity index (χ3n) is 1.95. The van der Waals surface area contributed by atoms with Crippen molar-refractivity contribution in [1.29, 1.82) is 0 Å². The van der Waals surface area contributed by atoms with Gasteiger partial charge in [0.15, 0.2) is 0 Å². The molecule has 0 aliphatic carbocycles. The third-order valence-corrected chi connectivity index (χ3v) is 2.61. The van der Waals surface area contributed by atoms with E-state index in [0.717, 1.165) is 6.26 Å². The van der Waals surface area contributed by atoms with Crippen LogP contribution in [0.15, 0.2) is 0 Å². The summed E-state index contributed by atoms with van der Waals surface area (Å²) in [7, 11) is -2.60. The van der Waals surface area contributed by atoms with Gasteiger partial charge in [-0.25, -0.2) is 10.3 Å². The van der Waals surface area contributed by atoms with Gasteiger partial charge in [-0.1, -0.05) is 0 Å². The maximum atomic E-state index is 11.8. The molecule has 0 radical (unpaired) electrons. The van der Waals surface area contributed by atoms with E-state index < -0.39 is 39.9 Å². The number of carbonyl (C=O) groups is 2. The first kappa shape index (κ1) is 19.6. The number of amides is 2. The number of nitrogens with one attached hydrogen (secondary N) is 2. The summed E-state index contributed by atoms with van der Waals surface area (Å²) < 4.78 is 31.9. The Morgan fingerprint density at radius 2 is 1.71 bits per heavy atom. The van der Waals surface area contributed by atoms with Crippen LogP contribution < -0.4 is 10.8 Å². The number of ether oxygens (including phenoxy) is 1. The van der Waals surface area contributed by atoms with Crippen molar-refractivity contribution < 1.29 is 31.8 Å². The highest BCUT2D eigenvalue weighted by Gasteiger charge is 2.31. The number of hydrogen-bond donors (Lipinski definition) is 2. The maximum Gasteiger partial charge on any atom is 0.408 e. The SMILES string of the molecule is CONC(=O)[C@@H](NC(=O)OC(C)(C)C)[C@@H](C)OS(C)(=O)=O. The van der Waals surface area contributed by atoms with Gasteiger partial charge in [0.1, 0.15) is 17.7 Å². The molecule has 0 bridgehead atoms. The lowest BCUT2D eigenvalue weighted by Gasteiger charge is -2.25. The molecule has 0 heterocycles. The molecule has 0 aromatic rings. The summed E-state index contributed by atoms with van der Waals surface area (Å²) in [6.45, 7) is 6.26. The fraction of sp³-hybridized carbons (Fsp3) is 0.818. The number of carbonyl (C=O) groups excluding carboxylic acids is 2. The molecule has 0 aromatic heterocycles. The molecule has 0 spiro atoms. The van der Waals surface area contributed by atoms with Crippen molar-refractivity contribution >= 4 is 22.1 Å². The largest absolute Gasteiger partial charge is 0.444 e. The molecule has 10 heteroatoms. The highest BCUT2D eigenvalue weighted by atomic mass is 32.2. The Hall–Kier alpha value is -1.39. The summed E-state index contributed by atoms with van der Waals surface area (Å²) in [4.78, 5) is 27.9. The van der Waals surface area contributed by atoms with Crippen LogP contribution in [0.25, 0.3) is 0 Å². The van der Waals surface area contributed by atoms with Crippen LogP contribution in [0.3, 0.4) is 0 Å². The lowest BCUT2D eigenvalue weighted by molar-refractivity contribution is -0.135. The van der Waals surface area contributed by atoms with Gasteiger partial charge in [0.25, 0.3) is 16.0 Å². The van der Waals surface area contributed by atoms with Gasteiger partial charge < -0.3 is 10.1 Å². The highest BCUT2D eigenvalue weighted by Crippen LogP contribution is 2.09. The van der Waals surface area contributed by atoms with Gasteiger partial charge in [-0.15, -0.1) is 0 Å². The predicted octanol–water partition coefficient (Wildman–Crippen LogP) is -0.0780. The molecule has 2 amide bonds. The average molecular weight is 326 g/mol. The van der Waals surface area contributed by atoms with Crippen molar-refractivity contribution in [2.75, 3.05) is 13.4 Å². The molecule has 2 N–H and O–H groups in total. The Morgan fingerprint density at radius 1 is 1.19 bits per heavy atom. The molecule has 0 saturated heterocycles. The number of alkyl carbamates (subject to hydrolysis) is 1. The standard InChI is InChI=1S/C11H22N2O7S/c1-7(20-21(6,16)17)8(9(14)13-18-5)12-10(15)19-11(2,3)4/h7-8H,1-6H3,(H,12,15)(H,13,14)/t7-,8+/m1/s1. The monoisotopic (exact) mass is 326 g/mol. The Balaban J connectivity index is 4.98. The molecular formula is C11H22N2O7S. The summed E-state index contributed by atoms with van der Waals surface area (Å²) in [6, 6.07) is -1.31. The number of rotatable bonds is 6. The first-order chi connectivity index (χ1) is 9.35. The topological polar surface area (TPSA) is 120 Å². The minimum atomic E-state index is -3.80. The van der Waals surface area contributed by atoms with E-state index in [0.29, 0.717) is 0 Å². The molecule has 0 fully saturated rings. The van der Waals surface area contributed by atoms with Gasteiger partial charge in [-0.05, 0) is 27.7 Å². The quantitative estimate of drug-likeness (QED) is 0.517. The van der Waals surface area contributed by atoms with E-state index in [2.05, 4.69) is 14.3 Å². The van der Waals surface area contributed by atoms with Crippen LogP contribution in [0.4, 0.5) is 4.79 Å². The van der Waals surface area contributed by atoms with E-state index in [4.69, 9.17) is 4.74 Å². The van der Waals surface area contributed by atoms with E-state index in [-0.39, 0.29) is 0 Å². The highest BCUT2D eigenvalue weighted by molar-refractivity contribution is 7.86. The zero-order chi connectivity index (χ0) is 16.8. The van der Waals surface area contributed by atoms with Crippen LogP contribution in [0, 0.1) is 0 Å². The van der Waals surface area contributed by atoms with Crippen LogP contribution in [0.5, 0.6) is 0 Å². The molecule has 21 heavy (non-hydrogen) atoms. The fourth-order valence-electron chi connectivity index (χ4n) is 1.33. The van der Waals surface area contributed by atoms with E-state index in [9.17, 15) is 18.0 Å². The summed E-state index contributed by atoms with van der Waals surface area (Å²) in [6.07, 6.45) is -1.20. The van der Waals surface area contributed by atoms with Crippen LogP contribution in [-0.4, -0.2) is 51.5 Å². The second-order valence-corrected chi connectivity index (χ2v) is 6.90. The Kier molecular flexibility index (Phi) is 7.07.